The molecular weight excluding hydrogens is 322 g/mol. The van der Waals surface area contributed by atoms with Crippen LogP contribution in [0.15, 0.2) is 46.3 Å². The summed E-state index contributed by atoms with van der Waals surface area (Å²) in [5, 5.41) is 6.39. The van der Waals surface area contributed by atoms with Crippen molar-refractivity contribution in [2.24, 2.45) is 0 Å². The van der Waals surface area contributed by atoms with Crippen molar-refractivity contribution in [3.63, 3.8) is 0 Å². The van der Waals surface area contributed by atoms with Crippen LogP contribution in [0.25, 0.3) is 10.7 Å². The van der Waals surface area contributed by atoms with Crippen LogP contribution in [0, 0.1) is 0 Å². The third kappa shape index (κ3) is 3.18. The number of rotatable bonds is 4. The molecule has 7 heteroatoms. The summed E-state index contributed by atoms with van der Waals surface area (Å²) in [6, 6.07) is 10.7. The first-order valence-corrected chi connectivity index (χ1v) is 7.77. The van der Waals surface area contributed by atoms with E-state index >= 15 is 0 Å². The molecule has 1 amide bonds. The van der Waals surface area contributed by atoms with Gasteiger partial charge in [-0.05, 0) is 29.6 Å². The van der Waals surface area contributed by atoms with Crippen molar-refractivity contribution in [2.45, 2.75) is 6.54 Å². The van der Waals surface area contributed by atoms with E-state index in [1.54, 1.807) is 31.3 Å². The van der Waals surface area contributed by atoms with Gasteiger partial charge in [-0.1, -0.05) is 28.9 Å². The molecule has 2 heterocycles. The van der Waals surface area contributed by atoms with Crippen molar-refractivity contribution in [3.05, 3.63) is 58.3 Å². The van der Waals surface area contributed by atoms with Crippen LogP contribution in [-0.4, -0.2) is 28.0 Å². The molecule has 0 aliphatic carbocycles. The summed E-state index contributed by atoms with van der Waals surface area (Å²) in [5.41, 5.74) is 0.521. The van der Waals surface area contributed by atoms with Crippen molar-refractivity contribution in [1.29, 1.82) is 0 Å². The molecule has 2 aromatic heterocycles. The molecular formula is C15H12ClN3O2S. The van der Waals surface area contributed by atoms with Crippen LogP contribution in [-0.2, 0) is 6.54 Å². The van der Waals surface area contributed by atoms with E-state index in [1.807, 2.05) is 17.5 Å². The fourth-order valence-corrected chi connectivity index (χ4v) is 2.78. The van der Waals surface area contributed by atoms with Gasteiger partial charge in [0.15, 0.2) is 0 Å². The van der Waals surface area contributed by atoms with E-state index < -0.39 is 0 Å². The highest BCUT2D eigenvalue weighted by Gasteiger charge is 2.16. The van der Waals surface area contributed by atoms with Crippen LogP contribution in [0.3, 0.4) is 0 Å². The fraction of sp³-hybridized carbons (Fsp3) is 0.133. The quantitative estimate of drug-likeness (QED) is 0.730. The Morgan fingerprint density at radius 2 is 2.23 bits per heavy atom. The fourth-order valence-electron chi connectivity index (χ4n) is 1.94. The predicted molar refractivity (Wildman–Crippen MR) is 84.9 cm³/mol. The molecule has 5 nitrogen and oxygen atoms in total. The molecule has 0 atom stereocenters. The molecule has 3 aromatic rings. The molecule has 0 fully saturated rings. The van der Waals surface area contributed by atoms with E-state index in [2.05, 4.69) is 10.1 Å². The van der Waals surface area contributed by atoms with E-state index in [0.717, 1.165) is 4.88 Å². The Hall–Kier alpha value is -2.18. The van der Waals surface area contributed by atoms with Crippen molar-refractivity contribution in [3.8, 4) is 10.7 Å². The predicted octanol–water partition coefficient (Wildman–Crippen LogP) is 3.72. The number of hydrogen-bond acceptors (Lipinski definition) is 5. The Morgan fingerprint density at radius 3 is 2.95 bits per heavy atom. The lowest BCUT2D eigenvalue weighted by molar-refractivity contribution is 0.0769. The second-order valence-corrected chi connectivity index (χ2v) is 6.04. The molecule has 0 aliphatic heterocycles. The number of thiophene rings is 1. The third-order valence-corrected chi connectivity index (χ3v) is 4.10. The number of amides is 1. The van der Waals surface area contributed by atoms with Gasteiger partial charge >= 0.3 is 0 Å². The summed E-state index contributed by atoms with van der Waals surface area (Å²) in [7, 11) is 1.68. The number of aromatic nitrogens is 2. The van der Waals surface area contributed by atoms with Gasteiger partial charge in [0, 0.05) is 17.6 Å². The Labute approximate surface area is 136 Å². The monoisotopic (exact) mass is 333 g/mol. The summed E-state index contributed by atoms with van der Waals surface area (Å²) in [6.45, 7) is 0.240. The molecule has 0 unspecified atom stereocenters. The summed E-state index contributed by atoms with van der Waals surface area (Å²) in [5.74, 6) is 0.772. The molecule has 0 aliphatic rings. The van der Waals surface area contributed by atoms with E-state index in [4.69, 9.17) is 16.1 Å². The van der Waals surface area contributed by atoms with Crippen molar-refractivity contribution >= 4 is 28.8 Å². The van der Waals surface area contributed by atoms with Gasteiger partial charge in [0.2, 0.25) is 11.7 Å². The largest absolute Gasteiger partial charge is 0.337 e. The zero-order chi connectivity index (χ0) is 15.5. The van der Waals surface area contributed by atoms with Crippen LogP contribution in [0.5, 0.6) is 0 Å². The van der Waals surface area contributed by atoms with Crippen LogP contribution < -0.4 is 0 Å². The van der Waals surface area contributed by atoms with Gasteiger partial charge in [-0.3, -0.25) is 4.79 Å². The van der Waals surface area contributed by atoms with E-state index in [9.17, 15) is 4.79 Å². The molecule has 0 saturated heterocycles. The van der Waals surface area contributed by atoms with Crippen molar-refractivity contribution < 1.29 is 9.32 Å². The second-order valence-electron chi connectivity index (χ2n) is 4.66. The van der Waals surface area contributed by atoms with E-state index in [1.165, 1.54) is 16.2 Å². The molecule has 0 spiro atoms. The first-order chi connectivity index (χ1) is 10.6. The van der Waals surface area contributed by atoms with Gasteiger partial charge in [-0.25, -0.2) is 0 Å². The summed E-state index contributed by atoms with van der Waals surface area (Å²) < 4.78 is 5.19. The Bertz CT molecular complexity index is 786. The topological polar surface area (TPSA) is 59.2 Å². The molecule has 0 bridgehead atoms. The smallest absolute Gasteiger partial charge is 0.254 e. The normalized spacial score (nSPS) is 10.6. The SMILES string of the molecule is CN(Cc1nc(-c2cccs2)no1)C(=O)c1cccc(Cl)c1. The molecule has 22 heavy (non-hydrogen) atoms. The van der Waals surface area contributed by atoms with Crippen LogP contribution in [0.4, 0.5) is 0 Å². The van der Waals surface area contributed by atoms with Crippen molar-refractivity contribution in [1.82, 2.24) is 15.0 Å². The maximum Gasteiger partial charge on any atom is 0.254 e. The molecule has 0 radical (unpaired) electrons. The first kappa shape index (κ1) is 14.7. The average Bonchev–Trinajstić information content (AvgIpc) is 3.17. The Kier molecular flexibility index (Phi) is 4.22. The highest BCUT2D eigenvalue weighted by molar-refractivity contribution is 7.13. The van der Waals surface area contributed by atoms with E-state index in [0.29, 0.717) is 22.3 Å². The minimum absolute atomic E-state index is 0.154. The zero-order valence-corrected chi connectivity index (χ0v) is 13.3. The van der Waals surface area contributed by atoms with Gasteiger partial charge in [0.05, 0.1) is 11.4 Å². The number of hydrogen-bond donors (Lipinski definition) is 0. The molecule has 1 aromatic carbocycles. The van der Waals surface area contributed by atoms with Gasteiger partial charge in [0.1, 0.15) is 0 Å². The van der Waals surface area contributed by atoms with E-state index in [-0.39, 0.29) is 12.5 Å². The lowest BCUT2D eigenvalue weighted by atomic mass is 10.2. The lowest BCUT2D eigenvalue weighted by Gasteiger charge is -2.14. The standard InChI is InChI=1S/C15H12ClN3O2S/c1-19(15(20)10-4-2-5-11(16)8-10)9-13-17-14(18-21-13)12-6-3-7-22-12/h2-8H,9H2,1H3. The second kappa shape index (κ2) is 6.29. The highest BCUT2D eigenvalue weighted by atomic mass is 35.5. The summed E-state index contributed by atoms with van der Waals surface area (Å²) >= 11 is 7.44. The van der Waals surface area contributed by atoms with Gasteiger partial charge in [-0.2, -0.15) is 4.98 Å². The van der Waals surface area contributed by atoms with Gasteiger partial charge in [0.25, 0.3) is 5.91 Å². The molecule has 3 rings (SSSR count). The molecule has 0 N–H and O–H groups in total. The first-order valence-electron chi connectivity index (χ1n) is 6.51. The number of nitrogens with zero attached hydrogens (tertiary/aromatic N) is 3. The maximum atomic E-state index is 12.3. The van der Waals surface area contributed by atoms with Crippen molar-refractivity contribution in [2.75, 3.05) is 7.05 Å². The third-order valence-electron chi connectivity index (χ3n) is 3.00. The van der Waals surface area contributed by atoms with Crippen LogP contribution in [0.1, 0.15) is 16.2 Å². The summed E-state index contributed by atoms with van der Waals surface area (Å²) in [6.07, 6.45) is 0. The highest BCUT2D eigenvalue weighted by Crippen LogP contribution is 2.21. The summed E-state index contributed by atoms with van der Waals surface area (Å²) in [4.78, 5) is 19.1. The minimum atomic E-state index is -0.154. The number of carbonyl (C=O) groups is 1. The lowest BCUT2D eigenvalue weighted by Crippen LogP contribution is -2.26. The average molecular weight is 334 g/mol. The number of benzene rings is 1. The maximum absolute atomic E-state index is 12.3. The zero-order valence-electron chi connectivity index (χ0n) is 11.7. The number of carbonyl (C=O) groups excluding carboxylic acids is 1. The Morgan fingerprint density at radius 1 is 1.36 bits per heavy atom. The van der Waals surface area contributed by atoms with Crippen LogP contribution >= 0.6 is 22.9 Å². The van der Waals surface area contributed by atoms with Gasteiger partial charge in [-0.15, -0.1) is 11.3 Å². The minimum Gasteiger partial charge on any atom is -0.337 e. The Balaban J connectivity index is 1.71. The number of halogens is 1. The molecule has 0 saturated carbocycles. The van der Waals surface area contributed by atoms with Crippen LogP contribution in [0.2, 0.25) is 5.02 Å². The molecule has 112 valence electrons. The van der Waals surface area contributed by atoms with Gasteiger partial charge < -0.3 is 9.42 Å².